The van der Waals surface area contributed by atoms with Gasteiger partial charge in [-0.15, -0.1) is 0 Å². The summed E-state index contributed by atoms with van der Waals surface area (Å²) in [5.74, 6) is -1.29. The van der Waals surface area contributed by atoms with E-state index < -0.39 is 53.1 Å². The Labute approximate surface area is 162 Å². The van der Waals surface area contributed by atoms with E-state index in [1.807, 2.05) is 0 Å². The first-order valence-corrected chi connectivity index (χ1v) is 8.61. The fraction of sp³-hybridized carbons (Fsp3) is 0.714. The summed E-state index contributed by atoms with van der Waals surface area (Å²) in [4.78, 5) is 4.90. The Hall–Kier alpha value is -1.80. The van der Waals surface area contributed by atoms with Crippen LogP contribution in [0.1, 0.15) is 36.8 Å². The molecule has 0 spiro atoms. The minimum atomic E-state index is -5.37. The minimum absolute atomic E-state index is 0.109. The summed E-state index contributed by atoms with van der Waals surface area (Å²) in [6.45, 7) is 0.897. The number of hydrogen-bond donors (Lipinski definition) is 0. The SMILES string of the molecule is Cn1nc(C(F)(F)F)c(C(SC2=NOC(C)(C)C2)C(F)(F)F)c1OCC(F)(F)F. The summed E-state index contributed by atoms with van der Waals surface area (Å²) in [6, 6.07) is 0. The molecule has 5 nitrogen and oxygen atoms in total. The van der Waals surface area contributed by atoms with Gasteiger partial charge in [-0.05, 0) is 13.8 Å². The maximum absolute atomic E-state index is 13.7. The van der Waals surface area contributed by atoms with Crippen molar-refractivity contribution in [2.24, 2.45) is 12.2 Å². The van der Waals surface area contributed by atoms with Crippen LogP contribution in [0.25, 0.3) is 0 Å². The molecule has 1 aliphatic heterocycles. The third kappa shape index (κ3) is 5.85. The Balaban J connectivity index is 2.55. The van der Waals surface area contributed by atoms with Gasteiger partial charge in [0.25, 0.3) is 0 Å². The first-order chi connectivity index (χ1) is 12.9. The van der Waals surface area contributed by atoms with E-state index in [1.165, 1.54) is 13.8 Å². The Bertz CT molecular complexity index is 781. The molecule has 2 rings (SSSR count). The minimum Gasteiger partial charge on any atom is -0.468 e. The number of halogens is 9. The third-order valence-corrected chi connectivity index (χ3v) is 4.69. The Kier molecular flexibility index (Phi) is 6.05. The molecule has 0 aliphatic carbocycles. The van der Waals surface area contributed by atoms with Crippen LogP contribution in [-0.4, -0.2) is 39.4 Å². The monoisotopic (exact) mass is 459 g/mol. The zero-order valence-corrected chi connectivity index (χ0v) is 15.8. The van der Waals surface area contributed by atoms with Crippen molar-refractivity contribution in [1.82, 2.24) is 9.78 Å². The molecule has 0 radical (unpaired) electrons. The second-order valence-corrected chi connectivity index (χ2v) is 7.82. The molecule has 0 fully saturated rings. The van der Waals surface area contributed by atoms with Crippen molar-refractivity contribution in [2.75, 3.05) is 6.61 Å². The summed E-state index contributed by atoms with van der Waals surface area (Å²) in [7, 11) is 0.752. The Morgan fingerprint density at radius 3 is 2.14 bits per heavy atom. The first-order valence-electron chi connectivity index (χ1n) is 7.73. The zero-order chi connectivity index (χ0) is 22.4. The quantitative estimate of drug-likeness (QED) is 0.579. The highest BCUT2D eigenvalue weighted by Gasteiger charge is 2.52. The van der Waals surface area contributed by atoms with Gasteiger partial charge in [0.2, 0.25) is 5.88 Å². The number of ether oxygens (including phenoxy) is 1. The van der Waals surface area contributed by atoms with E-state index in [4.69, 9.17) is 4.84 Å². The molecule has 166 valence electrons. The van der Waals surface area contributed by atoms with Crippen LogP contribution < -0.4 is 4.74 Å². The molecular formula is C14H14F9N3O2S. The molecular weight excluding hydrogens is 445 g/mol. The van der Waals surface area contributed by atoms with Gasteiger partial charge in [-0.2, -0.15) is 44.6 Å². The van der Waals surface area contributed by atoms with Crippen LogP contribution >= 0.6 is 11.8 Å². The number of rotatable bonds is 4. The summed E-state index contributed by atoms with van der Waals surface area (Å²) < 4.78 is 123. The second kappa shape index (κ2) is 7.47. The van der Waals surface area contributed by atoms with E-state index in [9.17, 15) is 39.5 Å². The maximum atomic E-state index is 13.7. The van der Waals surface area contributed by atoms with E-state index in [0.717, 1.165) is 7.05 Å². The summed E-state index contributed by atoms with van der Waals surface area (Å²) >= 11 is -0.109. The predicted molar refractivity (Wildman–Crippen MR) is 83.4 cm³/mol. The number of aryl methyl sites for hydroxylation is 1. The van der Waals surface area contributed by atoms with Crippen molar-refractivity contribution >= 4 is 16.8 Å². The summed E-state index contributed by atoms with van der Waals surface area (Å²) in [5, 5.41) is 3.16. The molecule has 0 N–H and O–H groups in total. The van der Waals surface area contributed by atoms with Gasteiger partial charge in [0.1, 0.15) is 15.9 Å². The number of aromatic nitrogens is 2. The van der Waals surface area contributed by atoms with E-state index in [2.05, 4.69) is 15.0 Å². The van der Waals surface area contributed by atoms with Gasteiger partial charge in [0.05, 0.1) is 5.56 Å². The van der Waals surface area contributed by atoms with Gasteiger partial charge < -0.3 is 9.57 Å². The fourth-order valence-corrected chi connectivity index (χ4v) is 3.63. The molecule has 0 bridgehead atoms. The molecule has 1 aliphatic rings. The zero-order valence-electron chi connectivity index (χ0n) is 15.0. The van der Waals surface area contributed by atoms with Crippen molar-refractivity contribution in [3.05, 3.63) is 11.3 Å². The van der Waals surface area contributed by atoms with Crippen LogP contribution in [0.5, 0.6) is 5.88 Å². The van der Waals surface area contributed by atoms with Crippen molar-refractivity contribution in [2.45, 2.75) is 49.6 Å². The lowest BCUT2D eigenvalue weighted by molar-refractivity contribution is -0.155. The molecule has 2 heterocycles. The number of thioether (sulfide) groups is 1. The third-order valence-electron chi connectivity index (χ3n) is 3.46. The topological polar surface area (TPSA) is 48.6 Å². The highest BCUT2D eigenvalue weighted by atomic mass is 32.2. The summed E-state index contributed by atoms with van der Waals surface area (Å²) in [5.41, 5.74) is -4.53. The number of oxime groups is 1. The Morgan fingerprint density at radius 2 is 1.72 bits per heavy atom. The largest absolute Gasteiger partial charge is 0.468 e. The van der Waals surface area contributed by atoms with Crippen LogP contribution in [0.2, 0.25) is 0 Å². The number of alkyl halides is 9. The molecule has 1 aromatic heterocycles. The molecule has 0 saturated heterocycles. The molecule has 1 unspecified atom stereocenters. The first kappa shape index (κ1) is 23.5. The van der Waals surface area contributed by atoms with Crippen LogP contribution in [0.15, 0.2) is 5.16 Å². The maximum Gasteiger partial charge on any atom is 0.435 e. The Morgan fingerprint density at radius 1 is 1.14 bits per heavy atom. The fourth-order valence-electron chi connectivity index (χ4n) is 2.38. The highest BCUT2D eigenvalue weighted by molar-refractivity contribution is 8.14. The molecule has 0 aromatic carbocycles. The smallest absolute Gasteiger partial charge is 0.435 e. The lowest BCUT2D eigenvalue weighted by atomic mass is 10.1. The van der Waals surface area contributed by atoms with E-state index in [-0.39, 0.29) is 27.9 Å². The van der Waals surface area contributed by atoms with Crippen LogP contribution in [0.4, 0.5) is 39.5 Å². The lowest BCUT2D eigenvalue weighted by Gasteiger charge is -2.22. The van der Waals surface area contributed by atoms with E-state index >= 15 is 0 Å². The van der Waals surface area contributed by atoms with Gasteiger partial charge >= 0.3 is 18.5 Å². The summed E-state index contributed by atoms with van der Waals surface area (Å²) in [6.07, 6.45) is -15.8. The van der Waals surface area contributed by atoms with Gasteiger partial charge in [-0.1, -0.05) is 16.9 Å². The highest BCUT2D eigenvalue weighted by Crippen LogP contribution is 2.52. The van der Waals surface area contributed by atoms with Gasteiger partial charge in [-0.25, -0.2) is 4.68 Å². The van der Waals surface area contributed by atoms with Crippen LogP contribution in [0.3, 0.4) is 0 Å². The van der Waals surface area contributed by atoms with Gasteiger partial charge in [0, 0.05) is 13.5 Å². The van der Waals surface area contributed by atoms with Gasteiger partial charge in [0.15, 0.2) is 12.3 Å². The number of nitrogens with zero attached hydrogens (tertiary/aromatic N) is 3. The van der Waals surface area contributed by atoms with Crippen molar-refractivity contribution in [1.29, 1.82) is 0 Å². The van der Waals surface area contributed by atoms with Crippen molar-refractivity contribution < 1.29 is 49.1 Å². The normalized spacial score (nSPS) is 18.4. The number of hydrogen-bond acceptors (Lipinski definition) is 5. The molecule has 1 aromatic rings. The standard InChI is InChI=1S/C14H14F9N3O2S/c1-11(2)4-6(25-28-11)29-9(14(21,22)23)7-8(13(18,19)20)24-26(3)10(7)27-5-12(15,16)17/h9H,4-5H2,1-3H3. The van der Waals surface area contributed by atoms with E-state index in [1.54, 1.807) is 0 Å². The van der Waals surface area contributed by atoms with Gasteiger partial charge in [-0.3, -0.25) is 0 Å². The molecule has 15 heteroatoms. The average Bonchev–Trinajstić information content (AvgIpc) is 3.00. The molecule has 0 amide bonds. The van der Waals surface area contributed by atoms with Crippen LogP contribution in [-0.2, 0) is 18.1 Å². The lowest BCUT2D eigenvalue weighted by Crippen LogP contribution is -2.25. The van der Waals surface area contributed by atoms with Crippen molar-refractivity contribution in [3.63, 3.8) is 0 Å². The second-order valence-electron chi connectivity index (χ2n) is 6.64. The van der Waals surface area contributed by atoms with Crippen LogP contribution in [0, 0.1) is 0 Å². The van der Waals surface area contributed by atoms with E-state index in [0.29, 0.717) is 0 Å². The average molecular weight is 459 g/mol. The molecule has 1 atom stereocenters. The predicted octanol–water partition coefficient (Wildman–Crippen LogP) is 5.23. The molecule has 29 heavy (non-hydrogen) atoms. The molecule has 0 saturated carbocycles. The van der Waals surface area contributed by atoms with Crippen molar-refractivity contribution in [3.8, 4) is 5.88 Å².